The van der Waals surface area contributed by atoms with Crippen LogP contribution in [-0.2, 0) is 0 Å². The van der Waals surface area contributed by atoms with Gasteiger partial charge in [-0.3, -0.25) is 40.0 Å². The number of anilines is 1. The normalized spacial score (nSPS) is 11.3. The lowest BCUT2D eigenvalue weighted by molar-refractivity contribution is -0.383. The van der Waals surface area contributed by atoms with Crippen molar-refractivity contribution in [3.05, 3.63) is 358 Å². The van der Waals surface area contributed by atoms with Crippen molar-refractivity contribution in [2.24, 2.45) is 0 Å². The predicted octanol–water partition coefficient (Wildman–Crippen LogP) is 34.2. The quantitative estimate of drug-likeness (QED) is 0.0562. The number of fused-ring (bicyclic) bond motifs is 8. The summed E-state index contributed by atoms with van der Waals surface area (Å²) < 4.78 is 37.4. The molecule has 8 aromatic carbocycles. The first-order valence-electron chi connectivity index (χ1n) is 43.5. The molecule has 0 radical (unpaired) electrons. The highest BCUT2D eigenvalue weighted by Gasteiger charge is 2.18. The number of nitrogens with two attached hydrogens (primary N) is 1. The Morgan fingerprint density at radius 3 is 1.36 bits per heavy atom. The summed E-state index contributed by atoms with van der Waals surface area (Å²) in [5, 5.41) is 30.4. The largest absolute Gasteiger partial charge is 0.454 e. The first-order valence-corrected chi connectivity index (χ1v) is 46.7. The van der Waals surface area contributed by atoms with Crippen LogP contribution in [0.2, 0.25) is 20.1 Å². The Hall–Kier alpha value is -11.2. The maximum absolute atomic E-state index is 13.0. The zero-order chi connectivity index (χ0) is 93.9. The molecule has 0 aliphatic carbocycles. The van der Waals surface area contributed by atoms with Crippen molar-refractivity contribution in [2.45, 2.75) is 198 Å². The lowest BCUT2D eigenvalue weighted by Gasteiger charge is -2.07. The van der Waals surface area contributed by atoms with Crippen LogP contribution in [0.15, 0.2) is 261 Å². The van der Waals surface area contributed by atoms with Gasteiger partial charge < -0.3 is 15.2 Å². The van der Waals surface area contributed by atoms with Crippen molar-refractivity contribution >= 4 is 155 Å². The van der Waals surface area contributed by atoms with Gasteiger partial charge in [0.15, 0.2) is 11.5 Å². The molecule has 0 atom stereocenters. The molecule has 0 unspecified atom stereocenters. The minimum atomic E-state index is -0.397. The highest BCUT2D eigenvalue weighted by Crippen LogP contribution is 2.41. The number of benzene rings is 8. The molecule has 1 aliphatic heterocycles. The lowest BCUT2D eigenvalue weighted by Crippen LogP contribution is -1.94. The van der Waals surface area contributed by atoms with Gasteiger partial charge >= 0.3 is 0 Å². The first kappa shape index (κ1) is 102. The van der Waals surface area contributed by atoms with Crippen molar-refractivity contribution in [3.8, 4) is 11.5 Å². The molecule has 13 nitrogen and oxygen atoms in total. The molecule has 672 valence electrons. The molecule has 9 aromatic heterocycles. The van der Waals surface area contributed by atoms with E-state index in [0.29, 0.717) is 64.5 Å². The fourth-order valence-corrected chi connectivity index (χ4v) is 16.7. The van der Waals surface area contributed by atoms with Gasteiger partial charge in [0, 0.05) is 156 Å². The molecular formula is C108H117Cl4F2N9O4S2. The Morgan fingerprint density at radius 1 is 0.380 bits per heavy atom. The fraction of sp³-hybridized carbons (Fsp3) is 0.287. The minimum absolute atomic E-state index is 0.141. The number of rotatable bonds is 11. The molecular weight excluding hydrogens is 1730 g/mol. The SMILES string of the molecule is CC(C)c1cc2c(Cl)cccc2cn1.CC(C)c1cc2c(N)cccc2cn1.CC(C)c1cc2c([N+](=O)[O-])cccc2cn1.CC(C)c1cc2cc3c(cc2cn1)OCO3.CC(C)c1cc2ccccc2cn1.CC(C)c1ccc(Cl)cc1F.CC(C)c1cccc(F)n1.CC(C)c1nccc2ccccc12.CC(C)c1sc2ccccc2c1Cl.CC(C)c1sccc1Cl. The van der Waals surface area contributed by atoms with Crippen molar-refractivity contribution in [1.29, 1.82) is 0 Å². The van der Waals surface area contributed by atoms with Crippen molar-refractivity contribution < 1.29 is 23.2 Å². The van der Waals surface area contributed by atoms with Crippen LogP contribution in [-0.4, -0.2) is 46.6 Å². The number of halogens is 6. The zero-order valence-corrected chi connectivity index (χ0v) is 81.8. The molecule has 17 aromatic rings. The number of nitrogens with zero attached hydrogens (tertiary/aromatic N) is 8. The van der Waals surface area contributed by atoms with E-state index in [1.807, 2.05) is 157 Å². The summed E-state index contributed by atoms with van der Waals surface area (Å²) >= 11 is 27.3. The molecule has 18 rings (SSSR count). The third-order valence-electron chi connectivity index (χ3n) is 20.8. The standard InChI is InChI=1S/C13H13NO2.C12H12ClN.C12H12N2O2.C12H14N2.2C12H13N.C11H11ClS.C9H10ClF.C8H10FN.C7H9ClS/c1-8(2)11-3-9-4-12-13(16-7-15-12)5-10(9)6-14-11;1-8(2)12-6-10-9(7-14-12)4-3-5-11(10)13;1-8(2)11-6-10-9(7-13-11)4-3-5-12(10)14(15)16;1-8(2)12-6-10-9(7-14-12)4-3-5-11(10)13;1-9(2)12-7-10-5-3-4-6-11(10)8-13-12;1-9(2)12-11-6-4-3-5-10(11)7-8-13-12;1-7(2)11-10(12)8-5-3-4-6-9(8)13-11;1-6(2)8-4-3-7(10)5-9(8)11;1-6(2)7-4-3-5-8(9)10-7;1-5(2)7-6(8)3-4-9-7/h3-6,8H,7H2,1-2H3;3-8H,1-2H3;3-8H,1-2H3;3-8H,13H2,1-2H3;2*3-9H,1-2H3;3-7H,1-2H3;3-6H,1-2H3;3-6H,1-2H3;3-5H,1-2H3. The second kappa shape index (κ2) is 49.0. The van der Waals surface area contributed by atoms with Crippen LogP contribution in [0.4, 0.5) is 20.2 Å². The van der Waals surface area contributed by atoms with Gasteiger partial charge in [-0.1, -0.05) is 300 Å². The molecule has 0 bridgehead atoms. The van der Waals surface area contributed by atoms with Crippen LogP contribution in [0.1, 0.15) is 253 Å². The van der Waals surface area contributed by atoms with Gasteiger partial charge in [-0.25, -0.2) is 9.37 Å². The van der Waals surface area contributed by atoms with Gasteiger partial charge in [0.2, 0.25) is 12.7 Å². The summed E-state index contributed by atoms with van der Waals surface area (Å²) in [6, 6.07) is 69.7. The highest BCUT2D eigenvalue weighted by atomic mass is 35.5. The second-order valence-electron chi connectivity index (χ2n) is 34.2. The average Bonchev–Trinajstić information content (AvgIpc) is 1.67. The molecule has 1 aliphatic rings. The minimum Gasteiger partial charge on any atom is -0.454 e. The van der Waals surface area contributed by atoms with Gasteiger partial charge in [0.1, 0.15) is 5.82 Å². The van der Waals surface area contributed by atoms with E-state index in [2.05, 4.69) is 223 Å². The molecule has 0 saturated carbocycles. The average molecular weight is 1850 g/mol. The number of nitro benzene ring substituents is 1. The number of non-ortho nitro benzene ring substituents is 1. The smallest absolute Gasteiger partial charge is 0.277 e. The topological polar surface area (TPSA) is 178 Å². The second-order valence-corrected chi connectivity index (χ2v) is 37.8. The van der Waals surface area contributed by atoms with E-state index in [9.17, 15) is 18.9 Å². The van der Waals surface area contributed by atoms with E-state index in [4.69, 9.17) is 61.6 Å². The molecule has 21 heteroatoms. The fourth-order valence-electron chi connectivity index (χ4n) is 13.4. The maximum Gasteiger partial charge on any atom is 0.277 e. The molecule has 0 amide bonds. The number of nitro groups is 1. The zero-order valence-electron chi connectivity index (χ0n) is 77.2. The Labute approximate surface area is 787 Å². The molecule has 129 heavy (non-hydrogen) atoms. The van der Waals surface area contributed by atoms with Crippen LogP contribution < -0.4 is 15.2 Å². The Kier molecular flexibility index (Phi) is 38.6. The monoisotopic (exact) mass is 1850 g/mol. The van der Waals surface area contributed by atoms with Crippen molar-refractivity contribution in [3.63, 3.8) is 0 Å². The molecule has 0 saturated heterocycles. The van der Waals surface area contributed by atoms with E-state index in [1.54, 1.807) is 59.2 Å². The molecule has 0 fully saturated rings. The van der Waals surface area contributed by atoms with Crippen molar-refractivity contribution in [2.75, 3.05) is 12.5 Å². The van der Waals surface area contributed by atoms with Gasteiger partial charge in [-0.15, -0.1) is 22.7 Å². The van der Waals surface area contributed by atoms with E-state index in [0.717, 1.165) is 104 Å². The van der Waals surface area contributed by atoms with E-state index < -0.39 is 5.95 Å². The van der Waals surface area contributed by atoms with E-state index in [-0.39, 0.29) is 28.3 Å². The predicted molar refractivity (Wildman–Crippen MR) is 545 cm³/mol. The van der Waals surface area contributed by atoms with Crippen LogP contribution in [0.3, 0.4) is 0 Å². The third kappa shape index (κ3) is 29.2. The Bertz CT molecular complexity index is 6440. The Morgan fingerprint density at radius 2 is 0.845 bits per heavy atom. The summed E-state index contributed by atoms with van der Waals surface area (Å²) in [4.78, 5) is 43.1. The van der Waals surface area contributed by atoms with Gasteiger partial charge in [0.05, 0.1) is 26.0 Å². The van der Waals surface area contributed by atoms with E-state index >= 15 is 0 Å². The number of hydrogen-bond donors (Lipinski definition) is 1. The number of nitrogen functional groups attached to an aromatic ring is 1. The van der Waals surface area contributed by atoms with Crippen LogP contribution >= 0.6 is 69.1 Å². The molecule has 10 heterocycles. The van der Waals surface area contributed by atoms with Gasteiger partial charge in [-0.2, -0.15) is 4.39 Å². The number of ether oxygens (including phenoxy) is 2. The Balaban J connectivity index is 0.000000162. The summed E-state index contributed by atoms with van der Waals surface area (Å²) in [5.41, 5.74) is 14.9. The highest BCUT2D eigenvalue weighted by molar-refractivity contribution is 7.19. The molecule has 0 spiro atoms. The van der Waals surface area contributed by atoms with Crippen LogP contribution in [0.25, 0.3) is 74.7 Å². The van der Waals surface area contributed by atoms with Crippen LogP contribution in [0, 0.1) is 21.9 Å². The lowest BCUT2D eigenvalue weighted by atomic mass is 10.0. The first-order chi connectivity index (χ1) is 61.5. The summed E-state index contributed by atoms with van der Waals surface area (Å²) in [5.74, 6) is 5.22. The third-order valence-corrected chi connectivity index (χ3v) is 25.0. The number of thiophene rings is 2. The van der Waals surface area contributed by atoms with Crippen molar-refractivity contribution in [1.82, 2.24) is 34.9 Å². The number of aromatic nitrogens is 7. The van der Waals surface area contributed by atoms with Crippen LogP contribution in [0.5, 0.6) is 11.5 Å². The summed E-state index contributed by atoms with van der Waals surface area (Å²) in [6.45, 7) is 42.4. The maximum atomic E-state index is 13.0. The van der Waals surface area contributed by atoms with Gasteiger partial charge in [0.25, 0.3) is 5.69 Å². The van der Waals surface area contributed by atoms with E-state index in [1.165, 1.54) is 71.0 Å². The number of hydrogen-bond acceptors (Lipinski definition) is 14. The van der Waals surface area contributed by atoms with Gasteiger partial charge in [-0.05, 0) is 183 Å². The summed E-state index contributed by atoms with van der Waals surface area (Å²) in [7, 11) is 0. The number of pyridine rings is 7. The summed E-state index contributed by atoms with van der Waals surface area (Å²) in [6.07, 6.45) is 11.2. The molecule has 2 N–H and O–H groups in total.